The van der Waals surface area contributed by atoms with Crippen LogP contribution in [0.4, 0.5) is 10.1 Å². The van der Waals surface area contributed by atoms with Crippen LogP contribution >= 0.6 is 15.9 Å². The number of benzene rings is 2. The zero-order valence-electron chi connectivity index (χ0n) is 10.0. The van der Waals surface area contributed by atoms with Gasteiger partial charge in [0.05, 0.1) is 10.2 Å². The minimum absolute atomic E-state index is 0.101. The number of nitrogens with two attached hydrogens (primary N) is 2. The van der Waals surface area contributed by atoms with E-state index in [0.29, 0.717) is 5.75 Å². The lowest BCUT2D eigenvalue weighted by atomic mass is 10.3. The van der Waals surface area contributed by atoms with Gasteiger partial charge >= 0.3 is 0 Å². The first-order chi connectivity index (χ1) is 9.29. The van der Waals surface area contributed by atoms with Crippen molar-refractivity contribution in [2.75, 3.05) is 5.73 Å². The molecule has 2 rings (SSSR count). The van der Waals surface area contributed by atoms with Crippen molar-refractivity contribution in [1.82, 2.24) is 0 Å². The molecule has 0 amide bonds. The lowest BCUT2D eigenvalue weighted by molar-refractivity contribution is 0.480. The zero-order chi connectivity index (χ0) is 14.9. The van der Waals surface area contributed by atoms with Crippen molar-refractivity contribution in [1.29, 1.82) is 0 Å². The molecule has 5 nitrogen and oxygen atoms in total. The number of primary sulfonamides is 1. The van der Waals surface area contributed by atoms with Gasteiger partial charge < -0.3 is 10.5 Å². The molecule has 0 fully saturated rings. The van der Waals surface area contributed by atoms with E-state index >= 15 is 0 Å². The van der Waals surface area contributed by atoms with Crippen LogP contribution in [0.1, 0.15) is 0 Å². The predicted octanol–water partition coefficient (Wildman–Crippen LogP) is 2.61. The summed E-state index contributed by atoms with van der Waals surface area (Å²) in [6.07, 6.45) is 0. The van der Waals surface area contributed by atoms with Crippen molar-refractivity contribution in [3.8, 4) is 11.5 Å². The number of anilines is 1. The highest BCUT2D eigenvalue weighted by molar-refractivity contribution is 9.10. The van der Waals surface area contributed by atoms with Crippen LogP contribution in [0.3, 0.4) is 0 Å². The van der Waals surface area contributed by atoms with Gasteiger partial charge in [-0.2, -0.15) is 0 Å². The average Bonchev–Trinajstić information content (AvgIpc) is 2.35. The Balaban J connectivity index is 2.42. The van der Waals surface area contributed by atoms with Crippen molar-refractivity contribution >= 4 is 31.6 Å². The second kappa shape index (κ2) is 5.39. The van der Waals surface area contributed by atoms with Gasteiger partial charge in [0.15, 0.2) is 5.75 Å². The highest BCUT2D eigenvalue weighted by Crippen LogP contribution is 2.33. The molecule has 0 aromatic heterocycles. The van der Waals surface area contributed by atoms with Crippen LogP contribution in [0.15, 0.2) is 45.8 Å². The van der Waals surface area contributed by atoms with E-state index in [4.69, 9.17) is 15.6 Å². The number of halogens is 2. The van der Waals surface area contributed by atoms with Crippen molar-refractivity contribution in [2.24, 2.45) is 5.14 Å². The molecule has 0 saturated heterocycles. The van der Waals surface area contributed by atoms with Gasteiger partial charge in [-0.1, -0.05) is 6.07 Å². The number of hydrogen-bond acceptors (Lipinski definition) is 4. The van der Waals surface area contributed by atoms with Crippen LogP contribution in [-0.4, -0.2) is 8.42 Å². The summed E-state index contributed by atoms with van der Waals surface area (Å²) in [7, 11) is -3.94. The summed E-state index contributed by atoms with van der Waals surface area (Å²) < 4.78 is 41.5. The van der Waals surface area contributed by atoms with Crippen LogP contribution in [0, 0.1) is 5.82 Å². The van der Waals surface area contributed by atoms with E-state index in [2.05, 4.69) is 15.9 Å². The molecule has 0 saturated carbocycles. The molecule has 0 spiro atoms. The Hall–Kier alpha value is -1.64. The van der Waals surface area contributed by atoms with Crippen molar-refractivity contribution < 1.29 is 17.5 Å². The van der Waals surface area contributed by atoms with Crippen LogP contribution in [0.5, 0.6) is 11.5 Å². The normalized spacial score (nSPS) is 11.3. The molecule has 106 valence electrons. The summed E-state index contributed by atoms with van der Waals surface area (Å²) in [6, 6.07) is 8.21. The maximum Gasteiger partial charge on any atom is 0.240 e. The molecule has 0 aliphatic heterocycles. The van der Waals surface area contributed by atoms with Gasteiger partial charge in [0, 0.05) is 0 Å². The largest absolute Gasteiger partial charge is 0.455 e. The summed E-state index contributed by atoms with van der Waals surface area (Å²) in [5.41, 5.74) is 5.61. The van der Waals surface area contributed by atoms with Gasteiger partial charge in [-0.25, -0.2) is 17.9 Å². The Kier molecular flexibility index (Phi) is 3.98. The fourth-order valence-corrected chi connectivity index (χ4v) is 2.56. The standard InChI is InChI=1S/C12H10BrFN2O3S/c13-8-6-7(4-5-9(8)14)19-10-2-1-3-11(12(10)15)20(16,17)18/h1-6H,15H2,(H2,16,17,18). The SMILES string of the molecule is Nc1c(Oc2ccc(F)c(Br)c2)cccc1S(N)(=O)=O. The van der Waals surface area contributed by atoms with Gasteiger partial charge in [0.1, 0.15) is 16.5 Å². The summed E-state index contributed by atoms with van der Waals surface area (Å²) in [4.78, 5) is -0.226. The van der Waals surface area contributed by atoms with Crippen LogP contribution in [0.25, 0.3) is 0 Å². The quantitative estimate of drug-likeness (QED) is 0.822. The Morgan fingerprint density at radius 1 is 1.20 bits per heavy atom. The second-order valence-electron chi connectivity index (χ2n) is 3.89. The second-order valence-corrected chi connectivity index (χ2v) is 6.28. The number of ether oxygens (including phenoxy) is 1. The van der Waals surface area contributed by atoms with E-state index in [-0.39, 0.29) is 20.8 Å². The molecule has 2 aromatic rings. The van der Waals surface area contributed by atoms with Crippen molar-refractivity contribution in [3.63, 3.8) is 0 Å². The lowest BCUT2D eigenvalue weighted by Crippen LogP contribution is -2.14. The lowest BCUT2D eigenvalue weighted by Gasteiger charge is -2.11. The van der Waals surface area contributed by atoms with Gasteiger partial charge in [0.2, 0.25) is 10.0 Å². The molecule has 0 heterocycles. The topological polar surface area (TPSA) is 95.4 Å². The average molecular weight is 361 g/mol. The third-order valence-electron chi connectivity index (χ3n) is 2.45. The molecule has 2 aromatic carbocycles. The molecule has 0 aliphatic rings. The summed E-state index contributed by atoms with van der Waals surface area (Å²) in [6.45, 7) is 0. The number of nitrogen functional groups attached to an aromatic ring is 1. The monoisotopic (exact) mass is 360 g/mol. The summed E-state index contributed by atoms with van der Waals surface area (Å²) >= 11 is 3.02. The summed E-state index contributed by atoms with van der Waals surface area (Å²) in [5.74, 6) is -0.0183. The Morgan fingerprint density at radius 3 is 2.50 bits per heavy atom. The van der Waals surface area contributed by atoms with E-state index in [1.165, 1.54) is 36.4 Å². The molecular weight excluding hydrogens is 351 g/mol. The maximum absolute atomic E-state index is 13.1. The molecule has 20 heavy (non-hydrogen) atoms. The van der Waals surface area contributed by atoms with Gasteiger partial charge in [-0.3, -0.25) is 0 Å². The predicted molar refractivity (Wildman–Crippen MR) is 76.4 cm³/mol. The van der Waals surface area contributed by atoms with Crippen LogP contribution in [0.2, 0.25) is 0 Å². The molecule has 0 radical (unpaired) electrons. The van der Waals surface area contributed by atoms with Gasteiger partial charge in [0.25, 0.3) is 0 Å². The molecule has 0 aliphatic carbocycles. The molecule has 0 bridgehead atoms. The number of rotatable bonds is 3. The van der Waals surface area contributed by atoms with E-state index in [0.717, 1.165) is 0 Å². The Bertz CT molecular complexity index is 765. The highest BCUT2D eigenvalue weighted by Gasteiger charge is 2.16. The van der Waals surface area contributed by atoms with Gasteiger partial charge in [-0.05, 0) is 46.3 Å². The minimum Gasteiger partial charge on any atom is -0.455 e. The molecular formula is C12H10BrFN2O3S. The summed E-state index contributed by atoms with van der Waals surface area (Å²) in [5, 5.41) is 5.04. The van der Waals surface area contributed by atoms with Crippen LogP contribution < -0.4 is 15.6 Å². The first kappa shape index (κ1) is 14.8. The number of para-hydroxylation sites is 1. The third kappa shape index (κ3) is 3.09. The van der Waals surface area contributed by atoms with Crippen molar-refractivity contribution in [2.45, 2.75) is 4.90 Å². The smallest absolute Gasteiger partial charge is 0.240 e. The third-order valence-corrected chi connectivity index (χ3v) is 4.03. The number of hydrogen-bond donors (Lipinski definition) is 2. The fourth-order valence-electron chi connectivity index (χ4n) is 1.53. The molecule has 0 unspecified atom stereocenters. The van der Waals surface area contributed by atoms with Crippen molar-refractivity contribution in [3.05, 3.63) is 46.7 Å². The van der Waals surface area contributed by atoms with E-state index < -0.39 is 15.8 Å². The fraction of sp³-hybridized carbons (Fsp3) is 0. The Morgan fingerprint density at radius 2 is 1.90 bits per heavy atom. The highest BCUT2D eigenvalue weighted by atomic mass is 79.9. The Labute approximate surface area is 123 Å². The zero-order valence-corrected chi connectivity index (χ0v) is 12.4. The minimum atomic E-state index is -3.94. The molecule has 8 heteroatoms. The number of sulfonamides is 1. The van der Waals surface area contributed by atoms with Gasteiger partial charge in [-0.15, -0.1) is 0 Å². The van der Waals surface area contributed by atoms with E-state index in [1.807, 2.05) is 0 Å². The molecule has 4 N–H and O–H groups in total. The van der Waals surface area contributed by atoms with E-state index in [1.54, 1.807) is 0 Å². The van der Waals surface area contributed by atoms with E-state index in [9.17, 15) is 12.8 Å². The molecule has 0 atom stereocenters. The first-order valence-corrected chi connectivity index (χ1v) is 7.67. The van der Waals surface area contributed by atoms with Crippen LogP contribution in [-0.2, 0) is 10.0 Å². The maximum atomic E-state index is 13.1. The first-order valence-electron chi connectivity index (χ1n) is 5.33.